The van der Waals surface area contributed by atoms with Crippen molar-refractivity contribution in [3.05, 3.63) is 24.3 Å². The molecular formula is C13H21NO3S2. The van der Waals surface area contributed by atoms with Gasteiger partial charge in [-0.3, -0.25) is 0 Å². The van der Waals surface area contributed by atoms with Crippen LogP contribution in [0.5, 0.6) is 0 Å². The Labute approximate surface area is 119 Å². The number of aliphatic hydroxyl groups excluding tert-OH is 1. The number of rotatable bonds is 6. The number of nitrogens with one attached hydrogen (secondary N) is 1. The largest absolute Gasteiger partial charge is 0.392 e. The van der Waals surface area contributed by atoms with E-state index in [-0.39, 0.29) is 16.2 Å². The molecule has 108 valence electrons. The molecule has 1 aromatic carbocycles. The highest BCUT2D eigenvalue weighted by atomic mass is 32.2. The van der Waals surface area contributed by atoms with Gasteiger partial charge in [-0.05, 0) is 45.0 Å². The molecule has 6 heteroatoms. The van der Waals surface area contributed by atoms with Crippen LogP contribution in [0.3, 0.4) is 0 Å². The summed E-state index contributed by atoms with van der Waals surface area (Å²) in [6.45, 7) is 7.24. The Bertz CT molecular complexity index is 495. The topological polar surface area (TPSA) is 66.4 Å². The van der Waals surface area contributed by atoms with Gasteiger partial charge >= 0.3 is 0 Å². The normalized spacial score (nSPS) is 15.5. The zero-order chi connectivity index (χ0) is 14.6. The molecular weight excluding hydrogens is 282 g/mol. The van der Waals surface area contributed by atoms with Crippen LogP contribution in [0.25, 0.3) is 0 Å². The molecule has 19 heavy (non-hydrogen) atoms. The van der Waals surface area contributed by atoms with Gasteiger partial charge < -0.3 is 5.11 Å². The van der Waals surface area contributed by atoms with E-state index in [9.17, 15) is 13.5 Å². The molecule has 0 heterocycles. The maximum absolute atomic E-state index is 11.9. The molecule has 2 atom stereocenters. The summed E-state index contributed by atoms with van der Waals surface area (Å²) in [7, 11) is -3.43. The van der Waals surface area contributed by atoms with E-state index in [4.69, 9.17) is 0 Å². The number of sulfonamides is 1. The van der Waals surface area contributed by atoms with Crippen LogP contribution in [0.2, 0.25) is 0 Å². The van der Waals surface area contributed by atoms with E-state index < -0.39 is 16.1 Å². The van der Waals surface area contributed by atoms with E-state index in [0.717, 1.165) is 4.90 Å². The minimum Gasteiger partial charge on any atom is -0.392 e. The molecule has 0 spiro atoms. The highest BCUT2D eigenvalue weighted by Gasteiger charge is 2.16. The quantitative estimate of drug-likeness (QED) is 0.791. The second kappa shape index (κ2) is 6.74. The first-order valence-corrected chi connectivity index (χ1v) is 8.56. The van der Waals surface area contributed by atoms with Crippen molar-refractivity contribution >= 4 is 21.8 Å². The summed E-state index contributed by atoms with van der Waals surface area (Å²) < 4.78 is 26.4. The van der Waals surface area contributed by atoms with E-state index in [0.29, 0.717) is 0 Å². The molecule has 0 amide bonds. The third-order valence-electron chi connectivity index (χ3n) is 2.53. The lowest BCUT2D eigenvalue weighted by atomic mass is 10.3. The molecule has 2 N–H and O–H groups in total. The highest BCUT2D eigenvalue weighted by Crippen LogP contribution is 2.26. The first kappa shape index (κ1) is 16.5. The number of aliphatic hydroxyl groups is 1. The molecule has 2 unspecified atom stereocenters. The first-order valence-electron chi connectivity index (χ1n) is 6.19. The fourth-order valence-electron chi connectivity index (χ4n) is 1.39. The number of thioether (sulfide) groups is 1. The monoisotopic (exact) mass is 303 g/mol. The minimum absolute atomic E-state index is 0.0660. The Hall–Kier alpha value is -0.560. The van der Waals surface area contributed by atoms with Gasteiger partial charge in [0.1, 0.15) is 0 Å². The van der Waals surface area contributed by atoms with Crippen molar-refractivity contribution in [2.75, 3.05) is 0 Å². The predicted octanol–water partition coefficient (Wildman–Crippen LogP) is 2.23. The molecule has 0 saturated heterocycles. The Morgan fingerprint density at radius 2 is 1.63 bits per heavy atom. The smallest absolute Gasteiger partial charge is 0.240 e. The molecule has 0 fully saturated rings. The van der Waals surface area contributed by atoms with Crippen molar-refractivity contribution < 1.29 is 13.5 Å². The Balaban J connectivity index is 2.82. The van der Waals surface area contributed by atoms with E-state index >= 15 is 0 Å². The summed E-state index contributed by atoms with van der Waals surface area (Å²) in [5.41, 5.74) is 0. The standard InChI is InChI=1S/C13H21NO3S2/c1-9(2)14-19(16,17)13-7-5-12(6-8-13)18-11(4)10(3)15/h5-11,14-15H,1-4H3. The Morgan fingerprint density at radius 1 is 1.11 bits per heavy atom. The van der Waals surface area contributed by atoms with Crippen molar-refractivity contribution in [2.45, 2.75) is 54.9 Å². The van der Waals surface area contributed by atoms with E-state index in [1.54, 1.807) is 45.0 Å². The molecule has 0 aliphatic carbocycles. The summed E-state index contributed by atoms with van der Waals surface area (Å²) in [4.78, 5) is 1.20. The van der Waals surface area contributed by atoms with Gasteiger partial charge in [0, 0.05) is 16.2 Å². The first-order chi connectivity index (χ1) is 8.72. The molecule has 0 aromatic heterocycles. The lowest BCUT2D eigenvalue weighted by Crippen LogP contribution is -2.30. The average molecular weight is 303 g/mol. The summed E-state index contributed by atoms with van der Waals surface area (Å²) in [6, 6.07) is 6.56. The molecule has 0 aliphatic rings. The molecule has 0 saturated carbocycles. The average Bonchev–Trinajstić information content (AvgIpc) is 2.27. The van der Waals surface area contributed by atoms with E-state index in [1.165, 1.54) is 11.8 Å². The molecule has 0 radical (unpaired) electrons. The van der Waals surface area contributed by atoms with Crippen LogP contribution >= 0.6 is 11.8 Å². The van der Waals surface area contributed by atoms with Crippen molar-refractivity contribution in [3.8, 4) is 0 Å². The zero-order valence-electron chi connectivity index (χ0n) is 11.6. The van der Waals surface area contributed by atoms with Crippen molar-refractivity contribution in [2.24, 2.45) is 0 Å². The van der Waals surface area contributed by atoms with Crippen LogP contribution in [0.1, 0.15) is 27.7 Å². The van der Waals surface area contributed by atoms with Crippen LogP contribution in [0.4, 0.5) is 0 Å². The summed E-state index contributed by atoms with van der Waals surface area (Å²) in [5, 5.41) is 9.50. The van der Waals surface area contributed by atoms with Gasteiger partial charge in [0.2, 0.25) is 10.0 Å². The molecule has 0 bridgehead atoms. The summed E-state index contributed by atoms with van der Waals surface area (Å²) >= 11 is 1.52. The fraction of sp³-hybridized carbons (Fsp3) is 0.538. The third-order valence-corrected chi connectivity index (χ3v) is 5.51. The Morgan fingerprint density at radius 3 is 2.05 bits per heavy atom. The molecule has 0 aliphatic heterocycles. The Kier molecular flexibility index (Phi) is 5.85. The maximum Gasteiger partial charge on any atom is 0.240 e. The lowest BCUT2D eigenvalue weighted by molar-refractivity contribution is 0.196. The number of hydrogen-bond donors (Lipinski definition) is 2. The lowest BCUT2D eigenvalue weighted by Gasteiger charge is -2.14. The van der Waals surface area contributed by atoms with Gasteiger partial charge in [0.05, 0.1) is 11.0 Å². The van der Waals surface area contributed by atoms with Crippen LogP contribution in [0, 0.1) is 0 Å². The number of benzene rings is 1. The fourth-order valence-corrected chi connectivity index (χ4v) is 3.56. The van der Waals surface area contributed by atoms with Crippen LogP contribution < -0.4 is 4.72 Å². The van der Waals surface area contributed by atoms with Gasteiger partial charge in [0.15, 0.2) is 0 Å². The summed E-state index contributed by atoms with van der Waals surface area (Å²) in [6.07, 6.45) is -0.406. The van der Waals surface area contributed by atoms with Crippen LogP contribution in [0.15, 0.2) is 34.1 Å². The van der Waals surface area contributed by atoms with Crippen LogP contribution in [-0.2, 0) is 10.0 Å². The number of hydrogen-bond acceptors (Lipinski definition) is 4. The van der Waals surface area contributed by atoms with Gasteiger partial charge in [-0.2, -0.15) is 0 Å². The SMILES string of the molecule is CC(C)NS(=O)(=O)c1ccc(SC(C)C(C)O)cc1. The van der Waals surface area contributed by atoms with Gasteiger partial charge in [-0.1, -0.05) is 6.92 Å². The van der Waals surface area contributed by atoms with Gasteiger partial charge in [-0.15, -0.1) is 11.8 Å². The molecule has 1 aromatic rings. The van der Waals surface area contributed by atoms with Crippen molar-refractivity contribution in [1.82, 2.24) is 4.72 Å². The summed E-state index contributed by atoms with van der Waals surface area (Å²) in [5.74, 6) is 0. The van der Waals surface area contributed by atoms with Crippen molar-refractivity contribution in [3.63, 3.8) is 0 Å². The zero-order valence-corrected chi connectivity index (χ0v) is 13.3. The van der Waals surface area contributed by atoms with E-state index in [1.807, 2.05) is 6.92 Å². The third kappa shape index (κ3) is 5.14. The van der Waals surface area contributed by atoms with E-state index in [2.05, 4.69) is 4.72 Å². The van der Waals surface area contributed by atoms with Gasteiger partial charge in [0.25, 0.3) is 0 Å². The second-order valence-electron chi connectivity index (χ2n) is 4.81. The molecule has 4 nitrogen and oxygen atoms in total. The van der Waals surface area contributed by atoms with Crippen LogP contribution in [-0.4, -0.2) is 30.9 Å². The maximum atomic E-state index is 11.9. The highest BCUT2D eigenvalue weighted by molar-refractivity contribution is 8.00. The van der Waals surface area contributed by atoms with Crippen molar-refractivity contribution in [1.29, 1.82) is 0 Å². The minimum atomic E-state index is -3.43. The van der Waals surface area contributed by atoms with Gasteiger partial charge in [-0.25, -0.2) is 13.1 Å². The molecule has 1 rings (SSSR count). The second-order valence-corrected chi connectivity index (χ2v) is 7.98. The predicted molar refractivity (Wildman–Crippen MR) is 78.9 cm³/mol.